The Labute approximate surface area is 110 Å². The van der Waals surface area contributed by atoms with Gasteiger partial charge in [0.15, 0.2) is 0 Å². The van der Waals surface area contributed by atoms with Crippen LogP contribution in [-0.4, -0.2) is 51.5 Å². The SMILES string of the molecule is CCC(=O)N1CSCC1C(=O)NC(CC)C(=O)O. The van der Waals surface area contributed by atoms with E-state index in [1.54, 1.807) is 13.8 Å². The molecule has 0 aromatic heterocycles. The molecule has 2 atom stereocenters. The van der Waals surface area contributed by atoms with E-state index in [1.165, 1.54) is 16.7 Å². The van der Waals surface area contributed by atoms with Crippen molar-refractivity contribution in [2.45, 2.75) is 38.8 Å². The van der Waals surface area contributed by atoms with E-state index in [0.717, 1.165) is 0 Å². The van der Waals surface area contributed by atoms with Gasteiger partial charge in [-0.2, -0.15) is 0 Å². The Kier molecular flexibility index (Phi) is 5.46. The van der Waals surface area contributed by atoms with E-state index >= 15 is 0 Å². The maximum atomic E-state index is 12.0. The summed E-state index contributed by atoms with van der Waals surface area (Å²) in [7, 11) is 0. The minimum Gasteiger partial charge on any atom is -0.480 e. The van der Waals surface area contributed by atoms with Gasteiger partial charge in [0.25, 0.3) is 0 Å². The minimum atomic E-state index is -1.05. The second-order valence-electron chi connectivity index (χ2n) is 4.04. The lowest BCUT2D eigenvalue weighted by Gasteiger charge is -2.24. The van der Waals surface area contributed by atoms with Crippen molar-refractivity contribution in [2.24, 2.45) is 0 Å². The molecule has 0 spiro atoms. The van der Waals surface area contributed by atoms with Crippen LogP contribution in [0.25, 0.3) is 0 Å². The van der Waals surface area contributed by atoms with Crippen LogP contribution in [0.2, 0.25) is 0 Å². The second kappa shape index (κ2) is 6.63. The molecule has 1 heterocycles. The number of amides is 2. The van der Waals surface area contributed by atoms with Gasteiger partial charge in [-0.25, -0.2) is 4.79 Å². The topological polar surface area (TPSA) is 86.7 Å². The number of rotatable bonds is 5. The zero-order chi connectivity index (χ0) is 13.7. The highest BCUT2D eigenvalue weighted by molar-refractivity contribution is 7.99. The van der Waals surface area contributed by atoms with Gasteiger partial charge in [0.05, 0.1) is 5.88 Å². The van der Waals surface area contributed by atoms with E-state index in [9.17, 15) is 14.4 Å². The van der Waals surface area contributed by atoms with Crippen LogP contribution in [0.1, 0.15) is 26.7 Å². The summed E-state index contributed by atoms with van der Waals surface area (Å²) in [5.74, 6) is -0.494. The molecule has 2 amide bonds. The molecule has 102 valence electrons. The predicted octanol–water partition coefficient (Wildman–Crippen LogP) is 0.277. The Morgan fingerprint density at radius 1 is 1.44 bits per heavy atom. The van der Waals surface area contributed by atoms with Crippen molar-refractivity contribution in [1.29, 1.82) is 0 Å². The molecular weight excluding hydrogens is 256 g/mol. The number of carboxylic acid groups (broad SMARTS) is 1. The summed E-state index contributed by atoms with van der Waals surface area (Å²) < 4.78 is 0. The van der Waals surface area contributed by atoms with Crippen LogP contribution in [0.3, 0.4) is 0 Å². The summed E-state index contributed by atoms with van der Waals surface area (Å²) in [6.07, 6.45) is 0.670. The molecule has 1 aliphatic heterocycles. The fourth-order valence-corrected chi connectivity index (χ4v) is 2.90. The first kappa shape index (κ1) is 14.8. The molecule has 7 heteroatoms. The first-order valence-corrected chi connectivity index (χ1v) is 7.07. The summed E-state index contributed by atoms with van der Waals surface area (Å²) in [5, 5.41) is 11.4. The smallest absolute Gasteiger partial charge is 0.326 e. The number of aliphatic carboxylic acids is 1. The van der Waals surface area contributed by atoms with Crippen LogP contribution in [0.4, 0.5) is 0 Å². The van der Waals surface area contributed by atoms with Crippen molar-refractivity contribution >= 4 is 29.5 Å². The molecule has 0 radical (unpaired) electrons. The van der Waals surface area contributed by atoms with Gasteiger partial charge in [0, 0.05) is 12.2 Å². The molecule has 6 nitrogen and oxygen atoms in total. The molecule has 0 aromatic carbocycles. The van der Waals surface area contributed by atoms with Crippen molar-refractivity contribution < 1.29 is 19.5 Å². The Morgan fingerprint density at radius 3 is 2.61 bits per heavy atom. The van der Waals surface area contributed by atoms with Crippen LogP contribution in [0.5, 0.6) is 0 Å². The molecule has 2 N–H and O–H groups in total. The van der Waals surface area contributed by atoms with Gasteiger partial charge in [0.1, 0.15) is 12.1 Å². The Hall–Kier alpha value is -1.24. The third kappa shape index (κ3) is 3.38. The summed E-state index contributed by atoms with van der Waals surface area (Å²) in [4.78, 5) is 36.0. The van der Waals surface area contributed by atoms with Gasteiger partial charge in [-0.05, 0) is 6.42 Å². The predicted molar refractivity (Wildman–Crippen MR) is 68.1 cm³/mol. The molecule has 2 unspecified atom stereocenters. The highest BCUT2D eigenvalue weighted by Crippen LogP contribution is 2.21. The molecule has 1 aliphatic rings. The molecule has 0 aromatic rings. The van der Waals surface area contributed by atoms with Crippen molar-refractivity contribution in [3.05, 3.63) is 0 Å². The average molecular weight is 274 g/mol. The molecule has 0 aliphatic carbocycles. The first-order chi connectivity index (χ1) is 8.51. The van der Waals surface area contributed by atoms with Crippen LogP contribution in [-0.2, 0) is 14.4 Å². The van der Waals surface area contributed by atoms with Crippen LogP contribution < -0.4 is 5.32 Å². The van der Waals surface area contributed by atoms with Gasteiger partial charge >= 0.3 is 5.97 Å². The minimum absolute atomic E-state index is 0.0801. The second-order valence-corrected chi connectivity index (χ2v) is 5.04. The summed E-state index contributed by atoms with van der Waals surface area (Å²) >= 11 is 1.50. The lowest BCUT2D eigenvalue weighted by atomic mass is 10.2. The Morgan fingerprint density at radius 2 is 2.11 bits per heavy atom. The summed E-state index contributed by atoms with van der Waals surface area (Å²) in [5.41, 5.74) is 0. The monoisotopic (exact) mass is 274 g/mol. The zero-order valence-corrected chi connectivity index (χ0v) is 11.3. The highest BCUT2D eigenvalue weighted by atomic mass is 32.2. The van der Waals surface area contributed by atoms with Crippen molar-refractivity contribution in [2.75, 3.05) is 11.6 Å². The van der Waals surface area contributed by atoms with Crippen molar-refractivity contribution in [3.63, 3.8) is 0 Å². The van der Waals surface area contributed by atoms with E-state index < -0.39 is 18.1 Å². The third-order valence-electron chi connectivity index (χ3n) is 2.83. The fourth-order valence-electron chi connectivity index (χ4n) is 1.72. The maximum Gasteiger partial charge on any atom is 0.326 e. The van der Waals surface area contributed by atoms with Gasteiger partial charge in [-0.15, -0.1) is 11.8 Å². The Balaban J connectivity index is 2.65. The molecular formula is C11H18N2O4S. The normalized spacial score (nSPS) is 20.6. The number of thioether (sulfide) groups is 1. The standard InChI is InChI=1S/C11H18N2O4S/c1-3-7(11(16)17)12-10(15)8-5-18-6-13(8)9(14)4-2/h7-8H,3-6H2,1-2H3,(H,12,15)(H,16,17). The van der Waals surface area contributed by atoms with E-state index in [0.29, 0.717) is 24.5 Å². The van der Waals surface area contributed by atoms with E-state index in [-0.39, 0.29) is 11.8 Å². The molecule has 0 bridgehead atoms. The van der Waals surface area contributed by atoms with Crippen LogP contribution in [0, 0.1) is 0 Å². The fraction of sp³-hybridized carbons (Fsp3) is 0.727. The molecule has 18 heavy (non-hydrogen) atoms. The van der Waals surface area contributed by atoms with Gasteiger partial charge in [0.2, 0.25) is 11.8 Å². The van der Waals surface area contributed by atoms with Crippen molar-refractivity contribution in [1.82, 2.24) is 10.2 Å². The average Bonchev–Trinajstić information content (AvgIpc) is 2.83. The van der Waals surface area contributed by atoms with E-state index in [1.807, 2.05) is 0 Å². The summed E-state index contributed by atoms with van der Waals surface area (Å²) in [6, 6.07) is -1.43. The van der Waals surface area contributed by atoms with Crippen LogP contribution >= 0.6 is 11.8 Å². The van der Waals surface area contributed by atoms with E-state index in [4.69, 9.17) is 5.11 Å². The number of carboxylic acids is 1. The molecule has 1 saturated heterocycles. The number of nitrogens with zero attached hydrogens (tertiary/aromatic N) is 1. The van der Waals surface area contributed by atoms with E-state index in [2.05, 4.69) is 5.32 Å². The Bertz CT molecular complexity index is 348. The molecule has 1 fully saturated rings. The maximum absolute atomic E-state index is 12.0. The number of hydrogen-bond acceptors (Lipinski definition) is 4. The van der Waals surface area contributed by atoms with Gasteiger partial charge in [-0.1, -0.05) is 13.8 Å². The zero-order valence-electron chi connectivity index (χ0n) is 10.5. The molecule has 1 rings (SSSR count). The third-order valence-corrected chi connectivity index (χ3v) is 3.84. The van der Waals surface area contributed by atoms with Gasteiger partial charge < -0.3 is 15.3 Å². The molecule has 0 saturated carbocycles. The van der Waals surface area contributed by atoms with Gasteiger partial charge in [-0.3, -0.25) is 9.59 Å². The number of nitrogens with one attached hydrogen (secondary N) is 1. The number of carbonyl (C=O) groups excluding carboxylic acids is 2. The lowest BCUT2D eigenvalue weighted by molar-refractivity contribution is -0.143. The largest absolute Gasteiger partial charge is 0.480 e. The number of carbonyl (C=O) groups is 3. The first-order valence-electron chi connectivity index (χ1n) is 5.91. The highest BCUT2D eigenvalue weighted by Gasteiger charge is 2.35. The number of hydrogen-bond donors (Lipinski definition) is 2. The van der Waals surface area contributed by atoms with Crippen LogP contribution in [0.15, 0.2) is 0 Å². The van der Waals surface area contributed by atoms with Crippen molar-refractivity contribution in [3.8, 4) is 0 Å². The quantitative estimate of drug-likeness (QED) is 0.752. The lowest BCUT2D eigenvalue weighted by Crippen LogP contribution is -2.51. The summed E-state index contributed by atoms with van der Waals surface area (Å²) in [6.45, 7) is 3.43.